The van der Waals surface area contributed by atoms with Crippen LogP contribution < -0.4 is 10.2 Å². The molecule has 5 heteroatoms. The fourth-order valence-electron chi connectivity index (χ4n) is 3.71. The quantitative estimate of drug-likeness (QED) is 0.921. The molecule has 0 aromatic carbocycles. The lowest BCUT2D eigenvalue weighted by atomic mass is 9.84. The molecule has 1 N–H and O–H groups in total. The number of piperidine rings is 2. The highest BCUT2D eigenvalue weighted by Crippen LogP contribution is 2.31. The van der Waals surface area contributed by atoms with Crippen molar-refractivity contribution in [1.82, 2.24) is 14.9 Å². The molecule has 0 spiro atoms. The Morgan fingerprint density at radius 3 is 3.10 bits per heavy atom. The summed E-state index contributed by atoms with van der Waals surface area (Å²) in [7, 11) is 2.28. The molecule has 21 heavy (non-hydrogen) atoms. The third-order valence-corrected chi connectivity index (χ3v) is 4.84. The van der Waals surface area contributed by atoms with Crippen LogP contribution >= 0.6 is 0 Å². The number of likely N-dealkylation sites (tertiary alicyclic amines) is 1. The number of fused-ring (bicyclic) bond motifs is 1. The van der Waals surface area contributed by atoms with Gasteiger partial charge in [-0.05, 0) is 51.3 Å². The highest BCUT2D eigenvalue weighted by atomic mass is 15.3. The lowest BCUT2D eigenvalue weighted by Crippen LogP contribution is -2.52. The first-order valence-corrected chi connectivity index (χ1v) is 8.30. The van der Waals surface area contributed by atoms with Crippen LogP contribution in [0.4, 0.5) is 11.8 Å². The monoisotopic (exact) mass is 289 g/mol. The molecule has 3 rings (SSSR count). The van der Waals surface area contributed by atoms with Gasteiger partial charge in [0.25, 0.3) is 0 Å². The SMILES string of the molecule is CCCNc1nccc(N2CCC3C(CCCN3C)C2)n1. The zero-order valence-corrected chi connectivity index (χ0v) is 13.3. The molecule has 0 aliphatic carbocycles. The Labute approximate surface area is 127 Å². The van der Waals surface area contributed by atoms with E-state index in [0.29, 0.717) is 0 Å². The van der Waals surface area contributed by atoms with Gasteiger partial charge in [-0.2, -0.15) is 4.98 Å². The first kappa shape index (κ1) is 14.6. The molecule has 0 saturated carbocycles. The van der Waals surface area contributed by atoms with Gasteiger partial charge in [0.05, 0.1) is 0 Å². The van der Waals surface area contributed by atoms with Gasteiger partial charge in [0.1, 0.15) is 5.82 Å². The van der Waals surface area contributed by atoms with Crippen molar-refractivity contribution in [2.45, 2.75) is 38.6 Å². The maximum Gasteiger partial charge on any atom is 0.224 e. The minimum atomic E-state index is 0.761. The normalized spacial score (nSPS) is 26.5. The number of nitrogens with zero attached hydrogens (tertiary/aromatic N) is 4. The average Bonchev–Trinajstić information content (AvgIpc) is 2.53. The van der Waals surface area contributed by atoms with Gasteiger partial charge in [0.2, 0.25) is 5.95 Å². The predicted molar refractivity (Wildman–Crippen MR) is 86.8 cm³/mol. The highest BCUT2D eigenvalue weighted by Gasteiger charge is 2.34. The van der Waals surface area contributed by atoms with E-state index in [1.807, 2.05) is 12.3 Å². The van der Waals surface area contributed by atoms with E-state index >= 15 is 0 Å². The summed E-state index contributed by atoms with van der Waals surface area (Å²) in [5, 5.41) is 3.28. The minimum Gasteiger partial charge on any atom is -0.356 e. The molecule has 116 valence electrons. The van der Waals surface area contributed by atoms with Crippen molar-refractivity contribution in [3.8, 4) is 0 Å². The van der Waals surface area contributed by atoms with Gasteiger partial charge in [0, 0.05) is 31.9 Å². The Morgan fingerprint density at radius 1 is 1.33 bits per heavy atom. The van der Waals surface area contributed by atoms with Gasteiger partial charge in [-0.25, -0.2) is 4.98 Å². The van der Waals surface area contributed by atoms with Crippen LogP contribution in [0.3, 0.4) is 0 Å². The van der Waals surface area contributed by atoms with Crippen molar-refractivity contribution in [3.63, 3.8) is 0 Å². The zero-order valence-electron chi connectivity index (χ0n) is 13.3. The van der Waals surface area contributed by atoms with Crippen LogP contribution in [-0.4, -0.2) is 54.1 Å². The molecule has 0 bridgehead atoms. The molecule has 3 heterocycles. The molecule has 0 radical (unpaired) electrons. The lowest BCUT2D eigenvalue weighted by molar-refractivity contribution is 0.102. The smallest absolute Gasteiger partial charge is 0.224 e. The summed E-state index contributed by atoms with van der Waals surface area (Å²) in [5.41, 5.74) is 0. The van der Waals surface area contributed by atoms with E-state index in [9.17, 15) is 0 Å². The summed E-state index contributed by atoms with van der Waals surface area (Å²) < 4.78 is 0. The summed E-state index contributed by atoms with van der Waals surface area (Å²) in [6.45, 7) is 6.59. The van der Waals surface area contributed by atoms with E-state index in [1.165, 1.54) is 25.8 Å². The first-order valence-electron chi connectivity index (χ1n) is 8.30. The number of hydrogen-bond donors (Lipinski definition) is 1. The van der Waals surface area contributed by atoms with Crippen LogP contribution in [0.25, 0.3) is 0 Å². The fourth-order valence-corrected chi connectivity index (χ4v) is 3.71. The van der Waals surface area contributed by atoms with Crippen LogP contribution in [0, 0.1) is 5.92 Å². The van der Waals surface area contributed by atoms with Crippen LogP contribution in [0.1, 0.15) is 32.6 Å². The molecule has 5 nitrogen and oxygen atoms in total. The molecular formula is C16H27N5. The van der Waals surface area contributed by atoms with Gasteiger partial charge in [-0.15, -0.1) is 0 Å². The average molecular weight is 289 g/mol. The van der Waals surface area contributed by atoms with Gasteiger partial charge >= 0.3 is 0 Å². The number of anilines is 2. The molecule has 1 aromatic heterocycles. The van der Waals surface area contributed by atoms with Crippen molar-refractivity contribution < 1.29 is 0 Å². The van der Waals surface area contributed by atoms with Crippen molar-refractivity contribution in [1.29, 1.82) is 0 Å². The molecule has 2 saturated heterocycles. The number of hydrogen-bond acceptors (Lipinski definition) is 5. The van der Waals surface area contributed by atoms with Crippen molar-refractivity contribution >= 4 is 11.8 Å². The van der Waals surface area contributed by atoms with Crippen LogP contribution in [0.15, 0.2) is 12.3 Å². The van der Waals surface area contributed by atoms with Crippen molar-refractivity contribution in [2.75, 3.05) is 43.4 Å². The fraction of sp³-hybridized carbons (Fsp3) is 0.750. The van der Waals surface area contributed by atoms with Gasteiger partial charge in [0.15, 0.2) is 0 Å². The summed E-state index contributed by atoms with van der Waals surface area (Å²) in [5.74, 6) is 2.63. The van der Waals surface area contributed by atoms with Gasteiger partial charge in [-0.3, -0.25) is 0 Å². The van der Waals surface area contributed by atoms with E-state index < -0.39 is 0 Å². The molecule has 1 aromatic rings. The Morgan fingerprint density at radius 2 is 2.24 bits per heavy atom. The topological polar surface area (TPSA) is 44.3 Å². The standard InChI is InChI=1S/C16H27N5/c1-3-8-17-16-18-9-6-15(19-16)21-11-7-14-13(12-21)5-4-10-20(14)2/h6,9,13-14H,3-5,7-8,10-12H2,1-2H3,(H,17,18,19). The van der Waals surface area contributed by atoms with Crippen LogP contribution in [0.2, 0.25) is 0 Å². The Hall–Kier alpha value is -1.36. The van der Waals surface area contributed by atoms with E-state index in [0.717, 1.165) is 49.8 Å². The molecule has 2 fully saturated rings. The third kappa shape index (κ3) is 3.28. The van der Waals surface area contributed by atoms with E-state index in [-0.39, 0.29) is 0 Å². The second kappa shape index (κ2) is 6.60. The first-order chi connectivity index (χ1) is 10.3. The number of aromatic nitrogens is 2. The minimum absolute atomic E-state index is 0.761. The van der Waals surface area contributed by atoms with Gasteiger partial charge in [-0.1, -0.05) is 6.92 Å². The van der Waals surface area contributed by atoms with Crippen LogP contribution in [-0.2, 0) is 0 Å². The Bertz CT molecular complexity index is 464. The second-order valence-corrected chi connectivity index (χ2v) is 6.35. The summed E-state index contributed by atoms with van der Waals surface area (Å²) in [6, 6.07) is 2.82. The van der Waals surface area contributed by atoms with E-state index in [4.69, 9.17) is 0 Å². The van der Waals surface area contributed by atoms with Crippen molar-refractivity contribution in [2.24, 2.45) is 5.92 Å². The maximum absolute atomic E-state index is 4.68. The summed E-state index contributed by atoms with van der Waals surface area (Å²) in [6.07, 6.45) is 6.91. The molecule has 2 atom stereocenters. The summed E-state index contributed by atoms with van der Waals surface area (Å²) >= 11 is 0. The summed E-state index contributed by atoms with van der Waals surface area (Å²) in [4.78, 5) is 14.0. The number of rotatable bonds is 4. The largest absolute Gasteiger partial charge is 0.356 e. The van der Waals surface area contributed by atoms with Crippen molar-refractivity contribution in [3.05, 3.63) is 12.3 Å². The predicted octanol–water partition coefficient (Wildman–Crippen LogP) is 2.22. The van der Waals surface area contributed by atoms with Crippen LogP contribution in [0.5, 0.6) is 0 Å². The molecule has 0 amide bonds. The van der Waals surface area contributed by atoms with E-state index in [1.54, 1.807) is 0 Å². The lowest BCUT2D eigenvalue weighted by Gasteiger charge is -2.46. The molecule has 2 unspecified atom stereocenters. The number of nitrogens with one attached hydrogen (secondary N) is 1. The molecule has 2 aliphatic rings. The third-order valence-electron chi connectivity index (χ3n) is 4.84. The zero-order chi connectivity index (χ0) is 14.7. The highest BCUT2D eigenvalue weighted by molar-refractivity contribution is 5.43. The Balaban J connectivity index is 1.67. The molecular weight excluding hydrogens is 262 g/mol. The molecule has 2 aliphatic heterocycles. The van der Waals surface area contributed by atoms with E-state index in [2.05, 4.69) is 39.1 Å². The Kier molecular flexibility index (Phi) is 4.58. The van der Waals surface area contributed by atoms with Gasteiger partial charge < -0.3 is 15.1 Å². The second-order valence-electron chi connectivity index (χ2n) is 6.35. The maximum atomic E-state index is 4.68.